The molecular formula is C14H23NO4. The van der Waals surface area contributed by atoms with Gasteiger partial charge in [0.1, 0.15) is 6.10 Å². The van der Waals surface area contributed by atoms with E-state index in [0.717, 1.165) is 25.9 Å². The zero-order valence-electron chi connectivity index (χ0n) is 11.5. The Bertz CT molecular complexity index is 344. The smallest absolute Gasteiger partial charge is 0.332 e. The topological polar surface area (TPSA) is 66.8 Å². The predicted molar refractivity (Wildman–Crippen MR) is 69.7 cm³/mol. The van der Waals surface area contributed by atoms with Gasteiger partial charge in [0, 0.05) is 13.1 Å². The molecule has 1 amide bonds. The Morgan fingerprint density at radius 1 is 1.16 bits per heavy atom. The van der Waals surface area contributed by atoms with Crippen LogP contribution in [-0.4, -0.2) is 47.2 Å². The lowest BCUT2D eigenvalue weighted by atomic mass is 9.98. The van der Waals surface area contributed by atoms with Crippen LogP contribution in [0.3, 0.4) is 0 Å². The number of rotatable bonds is 3. The molecule has 0 saturated carbocycles. The second-order valence-corrected chi connectivity index (χ2v) is 5.56. The van der Waals surface area contributed by atoms with Crippen molar-refractivity contribution in [2.45, 2.75) is 57.7 Å². The number of nitrogens with zero attached hydrogens (tertiary/aromatic N) is 1. The maximum atomic E-state index is 12.3. The zero-order chi connectivity index (χ0) is 13.8. The first kappa shape index (κ1) is 14.3. The molecule has 5 heteroatoms. The minimum atomic E-state index is -0.961. The molecule has 2 aliphatic heterocycles. The van der Waals surface area contributed by atoms with Crippen molar-refractivity contribution in [2.24, 2.45) is 5.92 Å². The molecule has 0 aromatic heterocycles. The first-order valence-electron chi connectivity index (χ1n) is 7.29. The molecule has 0 aliphatic carbocycles. The van der Waals surface area contributed by atoms with Gasteiger partial charge in [-0.15, -0.1) is 0 Å². The summed E-state index contributed by atoms with van der Waals surface area (Å²) in [5, 5.41) is 8.88. The van der Waals surface area contributed by atoms with Gasteiger partial charge in [0.05, 0.1) is 0 Å². The largest absolute Gasteiger partial charge is 0.479 e. The summed E-state index contributed by atoms with van der Waals surface area (Å²) in [4.78, 5) is 25.0. The summed E-state index contributed by atoms with van der Waals surface area (Å²) < 4.78 is 5.34. The second kappa shape index (κ2) is 6.37. The van der Waals surface area contributed by atoms with E-state index in [1.807, 2.05) is 4.90 Å². The molecular weight excluding hydrogens is 246 g/mol. The van der Waals surface area contributed by atoms with Crippen molar-refractivity contribution in [3.63, 3.8) is 0 Å². The third-order valence-electron chi connectivity index (χ3n) is 4.31. The summed E-state index contributed by atoms with van der Waals surface area (Å²) in [6.07, 6.45) is 4.08. The third-order valence-corrected chi connectivity index (χ3v) is 4.31. The number of aliphatic carboxylic acids is 1. The average Bonchev–Trinajstić information content (AvgIpc) is 2.77. The number of likely N-dealkylation sites (tertiary alicyclic amines) is 1. The first-order valence-corrected chi connectivity index (χ1v) is 7.29. The zero-order valence-corrected chi connectivity index (χ0v) is 11.5. The molecule has 0 aromatic carbocycles. The number of carbonyl (C=O) groups is 2. The fraction of sp³-hybridized carbons (Fsp3) is 0.857. The van der Waals surface area contributed by atoms with Crippen LogP contribution in [0, 0.1) is 5.92 Å². The molecule has 2 fully saturated rings. The number of carboxylic acids is 1. The van der Waals surface area contributed by atoms with Gasteiger partial charge in [-0.3, -0.25) is 4.79 Å². The second-order valence-electron chi connectivity index (χ2n) is 5.56. The maximum absolute atomic E-state index is 12.3. The van der Waals surface area contributed by atoms with Crippen molar-refractivity contribution < 1.29 is 19.4 Å². The third kappa shape index (κ3) is 3.47. The first-order chi connectivity index (χ1) is 9.11. The molecule has 1 N–H and O–H groups in total. The van der Waals surface area contributed by atoms with Crippen LogP contribution in [0.25, 0.3) is 0 Å². The fourth-order valence-corrected chi connectivity index (χ4v) is 3.00. The van der Waals surface area contributed by atoms with Gasteiger partial charge >= 0.3 is 5.97 Å². The number of amides is 1. The van der Waals surface area contributed by atoms with Gasteiger partial charge in [0.25, 0.3) is 5.91 Å². The highest BCUT2D eigenvalue weighted by Crippen LogP contribution is 2.25. The normalized spacial score (nSPS) is 32.1. The van der Waals surface area contributed by atoms with Crippen LogP contribution < -0.4 is 0 Å². The SMILES string of the molecule is CCC1CCCN(C(=O)[C@@H]2CC[C@H](C(=O)O)O2)CC1. The molecule has 2 rings (SSSR count). The molecule has 5 nitrogen and oxygen atoms in total. The van der Waals surface area contributed by atoms with E-state index in [-0.39, 0.29) is 5.91 Å². The lowest BCUT2D eigenvalue weighted by Crippen LogP contribution is -2.40. The highest BCUT2D eigenvalue weighted by molar-refractivity contribution is 5.82. The van der Waals surface area contributed by atoms with E-state index in [0.29, 0.717) is 18.8 Å². The Balaban J connectivity index is 1.88. The molecule has 2 saturated heterocycles. The van der Waals surface area contributed by atoms with E-state index >= 15 is 0 Å². The van der Waals surface area contributed by atoms with Crippen LogP contribution >= 0.6 is 0 Å². The molecule has 0 aromatic rings. The highest BCUT2D eigenvalue weighted by Gasteiger charge is 2.37. The van der Waals surface area contributed by atoms with Crippen LogP contribution in [-0.2, 0) is 14.3 Å². The van der Waals surface area contributed by atoms with Gasteiger partial charge in [-0.05, 0) is 38.0 Å². The number of ether oxygens (including phenoxy) is 1. The summed E-state index contributed by atoms with van der Waals surface area (Å²) in [5.41, 5.74) is 0. The van der Waals surface area contributed by atoms with Crippen LogP contribution in [0.4, 0.5) is 0 Å². The Morgan fingerprint density at radius 2 is 1.89 bits per heavy atom. The van der Waals surface area contributed by atoms with Gasteiger partial charge in [-0.25, -0.2) is 4.79 Å². The summed E-state index contributed by atoms with van der Waals surface area (Å²) >= 11 is 0. The molecule has 2 heterocycles. The van der Waals surface area contributed by atoms with Crippen molar-refractivity contribution in [1.82, 2.24) is 4.90 Å². The standard InChI is InChI=1S/C14H23NO4/c1-2-10-4-3-8-15(9-7-10)13(16)11-5-6-12(19-11)14(17)18/h10-12H,2-9H2,1H3,(H,17,18)/t10?,11-,12+/m0/s1. The minimum Gasteiger partial charge on any atom is -0.479 e. The number of hydrogen-bond donors (Lipinski definition) is 1. The lowest BCUT2D eigenvalue weighted by molar-refractivity contribution is -0.154. The summed E-state index contributed by atoms with van der Waals surface area (Å²) in [7, 11) is 0. The van der Waals surface area contributed by atoms with E-state index < -0.39 is 18.2 Å². The lowest BCUT2D eigenvalue weighted by Gasteiger charge is -2.23. The average molecular weight is 269 g/mol. The Morgan fingerprint density at radius 3 is 2.53 bits per heavy atom. The van der Waals surface area contributed by atoms with Crippen LogP contribution in [0.2, 0.25) is 0 Å². The number of carbonyl (C=O) groups excluding carboxylic acids is 1. The number of carboxylic acid groups (broad SMARTS) is 1. The molecule has 3 atom stereocenters. The minimum absolute atomic E-state index is 0.0134. The van der Waals surface area contributed by atoms with Crippen molar-refractivity contribution in [1.29, 1.82) is 0 Å². The Hall–Kier alpha value is -1.10. The summed E-state index contributed by atoms with van der Waals surface area (Å²) in [6, 6.07) is 0. The quantitative estimate of drug-likeness (QED) is 0.846. The van der Waals surface area contributed by atoms with E-state index in [9.17, 15) is 9.59 Å². The van der Waals surface area contributed by atoms with Gasteiger partial charge in [0.15, 0.2) is 6.10 Å². The molecule has 0 bridgehead atoms. The van der Waals surface area contributed by atoms with E-state index in [1.165, 1.54) is 12.8 Å². The van der Waals surface area contributed by atoms with Crippen molar-refractivity contribution in [2.75, 3.05) is 13.1 Å². The fourth-order valence-electron chi connectivity index (χ4n) is 3.00. The maximum Gasteiger partial charge on any atom is 0.332 e. The molecule has 1 unspecified atom stereocenters. The Labute approximate surface area is 113 Å². The van der Waals surface area contributed by atoms with Crippen LogP contribution in [0.5, 0.6) is 0 Å². The monoisotopic (exact) mass is 269 g/mol. The molecule has 0 radical (unpaired) electrons. The molecule has 2 aliphatic rings. The van der Waals surface area contributed by atoms with Gasteiger partial charge in [-0.1, -0.05) is 13.3 Å². The molecule has 108 valence electrons. The van der Waals surface area contributed by atoms with Gasteiger partial charge in [-0.2, -0.15) is 0 Å². The van der Waals surface area contributed by atoms with Gasteiger partial charge < -0.3 is 14.7 Å². The van der Waals surface area contributed by atoms with E-state index in [4.69, 9.17) is 9.84 Å². The van der Waals surface area contributed by atoms with Gasteiger partial charge in [0.2, 0.25) is 0 Å². The van der Waals surface area contributed by atoms with E-state index in [2.05, 4.69) is 6.92 Å². The number of hydrogen-bond acceptors (Lipinski definition) is 3. The summed E-state index contributed by atoms with van der Waals surface area (Å²) in [6.45, 7) is 3.77. The van der Waals surface area contributed by atoms with Crippen LogP contribution in [0.15, 0.2) is 0 Å². The van der Waals surface area contributed by atoms with Crippen LogP contribution in [0.1, 0.15) is 45.4 Å². The predicted octanol–water partition coefficient (Wildman–Crippen LogP) is 1.66. The van der Waals surface area contributed by atoms with Crippen molar-refractivity contribution in [3.8, 4) is 0 Å². The molecule has 0 spiro atoms. The molecule has 19 heavy (non-hydrogen) atoms. The Kier molecular flexibility index (Phi) is 4.80. The highest BCUT2D eigenvalue weighted by atomic mass is 16.5. The van der Waals surface area contributed by atoms with E-state index in [1.54, 1.807) is 0 Å². The summed E-state index contributed by atoms with van der Waals surface area (Å²) in [5.74, 6) is -0.258. The van der Waals surface area contributed by atoms with Crippen molar-refractivity contribution >= 4 is 11.9 Å². The van der Waals surface area contributed by atoms with Crippen molar-refractivity contribution in [3.05, 3.63) is 0 Å².